The fourth-order valence-electron chi connectivity index (χ4n) is 5.06. The van der Waals surface area contributed by atoms with Crippen LogP contribution >= 0.6 is 0 Å². The fraction of sp³-hybridized carbons (Fsp3) is 0.455. The Balaban J connectivity index is 1.85. The Hall–Kier alpha value is -4.54. The number of carbonyl (C=O) groups is 4. The van der Waals surface area contributed by atoms with Crippen molar-refractivity contribution in [3.05, 3.63) is 66.2 Å². The molecule has 1 saturated heterocycles. The van der Waals surface area contributed by atoms with E-state index in [0.29, 0.717) is 48.6 Å². The summed E-state index contributed by atoms with van der Waals surface area (Å²) in [4.78, 5) is 51.8. The van der Waals surface area contributed by atoms with E-state index in [0.717, 1.165) is 24.5 Å². The summed E-state index contributed by atoms with van der Waals surface area (Å²) in [7, 11) is 3.12. The highest BCUT2D eigenvalue weighted by Crippen LogP contribution is 2.33. The first-order valence-corrected chi connectivity index (χ1v) is 14.6. The molecule has 0 bridgehead atoms. The van der Waals surface area contributed by atoms with E-state index in [9.17, 15) is 19.2 Å². The van der Waals surface area contributed by atoms with E-state index < -0.39 is 36.1 Å². The third-order valence-corrected chi connectivity index (χ3v) is 7.50. The van der Waals surface area contributed by atoms with Crippen LogP contribution in [0.15, 0.2) is 55.1 Å². The smallest absolute Gasteiger partial charge is 0.341 e. The number of ether oxygens (including phenoxy) is 4. The third kappa shape index (κ3) is 9.23. The maximum absolute atomic E-state index is 13.8. The van der Waals surface area contributed by atoms with Crippen molar-refractivity contribution < 1.29 is 43.2 Å². The number of hydrogen-bond acceptors (Lipinski definition) is 8. The second kappa shape index (κ2) is 15.8. The number of likely N-dealkylation sites (tertiary alicyclic amines) is 1. The first-order valence-electron chi connectivity index (χ1n) is 14.6. The predicted molar refractivity (Wildman–Crippen MR) is 163 cm³/mol. The number of methoxy groups -OCH3 is 2. The number of aryl methyl sites for hydroxylation is 1. The molecule has 44 heavy (non-hydrogen) atoms. The molecule has 2 amide bonds. The Bertz CT molecular complexity index is 1340. The molecule has 0 aliphatic carbocycles. The van der Waals surface area contributed by atoms with Crippen LogP contribution in [0.3, 0.4) is 0 Å². The summed E-state index contributed by atoms with van der Waals surface area (Å²) < 4.78 is 22.3. The molecule has 0 unspecified atom stereocenters. The van der Waals surface area contributed by atoms with Gasteiger partial charge in [0.1, 0.15) is 17.9 Å². The van der Waals surface area contributed by atoms with E-state index in [1.807, 2.05) is 12.1 Å². The topological polar surface area (TPSA) is 141 Å². The molecule has 2 aromatic carbocycles. The molecule has 238 valence electrons. The Morgan fingerprint density at radius 3 is 2.52 bits per heavy atom. The Morgan fingerprint density at radius 1 is 1.09 bits per heavy atom. The number of carbonyl (C=O) groups excluding carboxylic acids is 3. The van der Waals surface area contributed by atoms with Gasteiger partial charge in [-0.3, -0.25) is 9.59 Å². The first-order chi connectivity index (χ1) is 21.0. The van der Waals surface area contributed by atoms with E-state index in [1.54, 1.807) is 63.3 Å². The second-order valence-electron chi connectivity index (χ2n) is 11.2. The van der Waals surface area contributed by atoms with Crippen LogP contribution in [0.1, 0.15) is 56.8 Å². The van der Waals surface area contributed by atoms with Gasteiger partial charge in [-0.1, -0.05) is 24.8 Å². The number of nitrogens with one attached hydrogen (secondary N) is 1. The number of hydrogen-bond donors (Lipinski definition) is 2. The zero-order valence-electron chi connectivity index (χ0n) is 25.8. The van der Waals surface area contributed by atoms with Gasteiger partial charge in [0.25, 0.3) is 0 Å². The zero-order valence-corrected chi connectivity index (χ0v) is 25.8. The lowest BCUT2D eigenvalue weighted by atomic mass is 9.89. The fourth-order valence-corrected chi connectivity index (χ4v) is 5.06. The van der Waals surface area contributed by atoms with E-state index in [-0.39, 0.29) is 18.4 Å². The number of carboxylic acids is 1. The van der Waals surface area contributed by atoms with Crippen LogP contribution in [0, 0.1) is 5.41 Å². The standard InChI is InChI=1S/C33H42N2O9/c1-6-29(36)34-21-33(2,3)32(40)35-17-8-7-12-25(35)31(39)44-26(23-10-9-11-24(19-23)43-20-30(37)38)15-13-22-14-16-27(41-4)28(18-22)42-5/h6,9-11,14,16,18-19,25-26H,1,7-8,12-13,15,17,20-21H2,2-5H3,(H,34,36)(H,37,38)/t25-,26+/m0/s1. The van der Waals surface area contributed by atoms with Gasteiger partial charge in [-0.15, -0.1) is 0 Å². The van der Waals surface area contributed by atoms with Gasteiger partial charge in [0, 0.05) is 13.1 Å². The Labute approximate surface area is 258 Å². The highest BCUT2D eigenvalue weighted by atomic mass is 16.5. The number of nitrogens with zero attached hydrogens (tertiary/aromatic N) is 1. The molecule has 1 aliphatic rings. The number of aliphatic carboxylic acids is 1. The van der Waals surface area contributed by atoms with Crippen molar-refractivity contribution >= 4 is 23.8 Å². The highest BCUT2D eigenvalue weighted by Gasteiger charge is 2.40. The van der Waals surface area contributed by atoms with Crippen molar-refractivity contribution in [1.82, 2.24) is 10.2 Å². The van der Waals surface area contributed by atoms with E-state index in [4.69, 9.17) is 24.1 Å². The molecular weight excluding hydrogens is 568 g/mol. The van der Waals surface area contributed by atoms with Gasteiger partial charge in [-0.05, 0) is 87.4 Å². The quantitative estimate of drug-likeness (QED) is 0.225. The summed E-state index contributed by atoms with van der Waals surface area (Å²) in [5, 5.41) is 11.7. The summed E-state index contributed by atoms with van der Waals surface area (Å²) in [5.41, 5.74) is 0.597. The molecule has 0 radical (unpaired) electrons. The van der Waals surface area contributed by atoms with Gasteiger partial charge in [-0.25, -0.2) is 9.59 Å². The molecule has 0 spiro atoms. The summed E-state index contributed by atoms with van der Waals surface area (Å²) in [6.07, 6.45) is 3.28. The molecule has 3 rings (SSSR count). The SMILES string of the molecule is C=CC(=O)NCC(C)(C)C(=O)N1CCCC[C@H]1C(=O)O[C@H](CCc1ccc(OC)c(OC)c1)c1cccc(OCC(=O)O)c1. The summed E-state index contributed by atoms with van der Waals surface area (Å²) >= 11 is 0. The van der Waals surface area contributed by atoms with Crippen LogP contribution < -0.4 is 19.5 Å². The van der Waals surface area contributed by atoms with Crippen molar-refractivity contribution in [2.75, 3.05) is 33.9 Å². The van der Waals surface area contributed by atoms with Gasteiger partial charge < -0.3 is 34.3 Å². The van der Waals surface area contributed by atoms with Crippen molar-refractivity contribution in [2.45, 2.75) is 58.1 Å². The number of carboxylic acid groups (broad SMARTS) is 1. The maximum Gasteiger partial charge on any atom is 0.341 e. The second-order valence-corrected chi connectivity index (χ2v) is 11.2. The van der Waals surface area contributed by atoms with E-state index >= 15 is 0 Å². The molecule has 2 aromatic rings. The zero-order chi connectivity index (χ0) is 32.3. The lowest BCUT2D eigenvalue weighted by molar-refractivity contribution is -0.164. The van der Waals surface area contributed by atoms with Crippen LogP contribution in [0.2, 0.25) is 0 Å². The largest absolute Gasteiger partial charge is 0.493 e. The summed E-state index contributed by atoms with van der Waals surface area (Å²) in [6.45, 7) is 6.87. The monoisotopic (exact) mass is 610 g/mol. The lowest BCUT2D eigenvalue weighted by Gasteiger charge is -2.39. The molecule has 1 heterocycles. The average Bonchev–Trinajstić information content (AvgIpc) is 3.03. The van der Waals surface area contributed by atoms with Crippen molar-refractivity contribution in [3.8, 4) is 17.2 Å². The normalized spacial score (nSPS) is 15.5. The molecule has 2 N–H and O–H groups in total. The average molecular weight is 611 g/mol. The van der Waals surface area contributed by atoms with Gasteiger partial charge in [0.05, 0.1) is 19.6 Å². The number of amides is 2. The van der Waals surface area contributed by atoms with Crippen LogP contribution in [0.4, 0.5) is 0 Å². The first kappa shape index (κ1) is 34.0. The van der Waals surface area contributed by atoms with Crippen LogP contribution in [-0.4, -0.2) is 73.7 Å². The third-order valence-electron chi connectivity index (χ3n) is 7.50. The van der Waals surface area contributed by atoms with Gasteiger partial charge in [0.2, 0.25) is 11.8 Å². The molecule has 0 aromatic heterocycles. The molecular formula is C33H42N2O9. The van der Waals surface area contributed by atoms with Gasteiger partial charge in [0.15, 0.2) is 18.1 Å². The molecule has 0 saturated carbocycles. The molecule has 1 aliphatic heterocycles. The lowest BCUT2D eigenvalue weighted by Crippen LogP contribution is -2.55. The number of benzene rings is 2. The number of esters is 1. The Kier molecular flexibility index (Phi) is 12.2. The molecule has 11 nitrogen and oxygen atoms in total. The van der Waals surface area contributed by atoms with Crippen LogP contribution in [-0.2, 0) is 30.3 Å². The van der Waals surface area contributed by atoms with Crippen molar-refractivity contribution in [1.29, 1.82) is 0 Å². The molecule has 2 atom stereocenters. The maximum atomic E-state index is 13.8. The number of rotatable bonds is 15. The molecule has 1 fully saturated rings. The van der Waals surface area contributed by atoms with Crippen molar-refractivity contribution in [2.24, 2.45) is 5.41 Å². The van der Waals surface area contributed by atoms with E-state index in [1.165, 1.54) is 0 Å². The molecule has 11 heteroatoms. The Morgan fingerprint density at radius 2 is 1.84 bits per heavy atom. The van der Waals surface area contributed by atoms with Gasteiger partial charge in [-0.2, -0.15) is 0 Å². The van der Waals surface area contributed by atoms with E-state index in [2.05, 4.69) is 11.9 Å². The van der Waals surface area contributed by atoms with Crippen LogP contribution in [0.25, 0.3) is 0 Å². The highest BCUT2D eigenvalue weighted by molar-refractivity contribution is 5.90. The summed E-state index contributed by atoms with van der Waals surface area (Å²) in [5.74, 6) is -0.780. The van der Waals surface area contributed by atoms with Crippen molar-refractivity contribution in [3.63, 3.8) is 0 Å². The minimum Gasteiger partial charge on any atom is -0.493 e. The minimum absolute atomic E-state index is 0.0893. The van der Waals surface area contributed by atoms with Gasteiger partial charge >= 0.3 is 11.9 Å². The number of piperidine rings is 1. The minimum atomic E-state index is -1.11. The van der Waals surface area contributed by atoms with Crippen LogP contribution in [0.5, 0.6) is 17.2 Å². The summed E-state index contributed by atoms with van der Waals surface area (Å²) in [6, 6.07) is 11.6. The predicted octanol–water partition coefficient (Wildman–Crippen LogP) is 4.09.